The summed E-state index contributed by atoms with van der Waals surface area (Å²) in [6.45, 7) is 0. The van der Waals surface area contributed by atoms with Crippen LogP contribution in [0.25, 0.3) is 0 Å². The zero-order valence-corrected chi connectivity index (χ0v) is 3.89. The largest absolute Gasteiger partial charge is 0.261 e. The first-order valence-corrected chi connectivity index (χ1v) is 2.39. The van der Waals surface area contributed by atoms with E-state index in [1.807, 2.05) is 12.3 Å². The molecule has 0 unspecified atom stereocenters. The fourth-order valence-corrected chi connectivity index (χ4v) is 0.813. The van der Waals surface area contributed by atoms with Crippen molar-refractivity contribution >= 4 is 0 Å². The first-order valence-electron chi connectivity index (χ1n) is 2.39. The van der Waals surface area contributed by atoms with Crippen LogP contribution in [0.5, 0.6) is 0 Å². The van der Waals surface area contributed by atoms with Gasteiger partial charge < -0.3 is 0 Å². The van der Waals surface area contributed by atoms with Gasteiger partial charge in [-0.15, -0.1) is 0 Å². The second-order valence-corrected chi connectivity index (χ2v) is 1.83. The molecule has 0 saturated carbocycles. The summed E-state index contributed by atoms with van der Waals surface area (Å²) in [5, 5.41) is 0. The van der Waals surface area contributed by atoms with Gasteiger partial charge in [-0.3, -0.25) is 4.98 Å². The van der Waals surface area contributed by atoms with Gasteiger partial charge in [-0.05, 0) is 17.7 Å². The number of nitrogens with zero attached hydrogens (tertiary/aromatic N) is 1. The fraction of sp³-hybridized carbons (Fsp3) is 0.167. The van der Waals surface area contributed by atoms with E-state index in [2.05, 4.69) is 11.1 Å². The van der Waals surface area contributed by atoms with Crippen molar-refractivity contribution in [3.8, 4) is 0 Å². The molecule has 0 aromatic carbocycles. The Bertz CT molecular complexity index is 168. The molecule has 2 bridgehead atoms. The van der Waals surface area contributed by atoms with Crippen molar-refractivity contribution in [2.24, 2.45) is 0 Å². The minimum absolute atomic E-state index is 1.11. The Labute approximate surface area is 42.0 Å². The molecule has 1 nitrogen and oxygen atoms in total. The third-order valence-electron chi connectivity index (χ3n) is 1.27. The summed E-state index contributed by atoms with van der Waals surface area (Å²) in [4.78, 5) is 4.06. The van der Waals surface area contributed by atoms with Crippen molar-refractivity contribution in [2.75, 3.05) is 0 Å². The van der Waals surface area contributed by atoms with E-state index in [0.717, 1.165) is 6.42 Å². The summed E-state index contributed by atoms with van der Waals surface area (Å²) in [6.07, 6.45) is 2.96. The minimum Gasteiger partial charge on any atom is -0.261 e. The molecular formula is C6H5N. The number of hydrogen-bond donors (Lipinski definition) is 0. The Balaban J connectivity index is 2.78. The van der Waals surface area contributed by atoms with Crippen LogP contribution in [0.4, 0.5) is 0 Å². The summed E-state index contributed by atoms with van der Waals surface area (Å²) >= 11 is 0. The van der Waals surface area contributed by atoms with Crippen LogP contribution in [0.2, 0.25) is 0 Å². The second-order valence-electron chi connectivity index (χ2n) is 1.83. The Hall–Kier alpha value is -0.850. The molecule has 2 heterocycles. The van der Waals surface area contributed by atoms with Crippen molar-refractivity contribution in [1.29, 1.82) is 0 Å². The maximum absolute atomic E-state index is 4.06. The van der Waals surface area contributed by atoms with Gasteiger partial charge in [0, 0.05) is 18.3 Å². The van der Waals surface area contributed by atoms with Crippen LogP contribution in [0.1, 0.15) is 11.3 Å². The minimum atomic E-state index is 1.11. The van der Waals surface area contributed by atoms with Crippen LogP contribution in [-0.2, 0) is 6.42 Å². The third-order valence-corrected chi connectivity index (χ3v) is 1.27. The van der Waals surface area contributed by atoms with Crippen molar-refractivity contribution in [1.82, 2.24) is 4.98 Å². The lowest BCUT2D eigenvalue weighted by atomic mass is 10.0. The van der Waals surface area contributed by atoms with Crippen molar-refractivity contribution in [3.63, 3.8) is 0 Å². The quantitative estimate of drug-likeness (QED) is 0.471. The molecule has 0 atom stereocenters. The molecule has 3 rings (SSSR count). The molecule has 1 heteroatoms. The average Bonchev–Trinajstić information content (AvgIpc) is 1.67. The van der Waals surface area contributed by atoms with Crippen LogP contribution in [0.3, 0.4) is 0 Å². The van der Waals surface area contributed by atoms with E-state index >= 15 is 0 Å². The first-order chi connectivity index (χ1) is 3.45. The lowest BCUT2D eigenvalue weighted by Gasteiger charge is -2.10. The lowest BCUT2D eigenvalue weighted by Crippen LogP contribution is -2.01. The van der Waals surface area contributed by atoms with Crippen LogP contribution in [0.15, 0.2) is 18.3 Å². The van der Waals surface area contributed by atoms with Gasteiger partial charge >= 0.3 is 0 Å². The maximum atomic E-state index is 4.06. The maximum Gasteiger partial charge on any atom is 0.0450 e. The van der Waals surface area contributed by atoms with Gasteiger partial charge in [0.15, 0.2) is 0 Å². The number of fused-ring (bicyclic) bond motifs is 2. The molecule has 0 amide bonds. The number of pyridine rings is 1. The van der Waals surface area contributed by atoms with Crippen LogP contribution >= 0.6 is 0 Å². The van der Waals surface area contributed by atoms with E-state index in [1.165, 1.54) is 11.3 Å². The highest BCUT2D eigenvalue weighted by molar-refractivity contribution is 5.30. The monoisotopic (exact) mass is 91.0 g/mol. The van der Waals surface area contributed by atoms with E-state index in [9.17, 15) is 0 Å². The van der Waals surface area contributed by atoms with Crippen LogP contribution < -0.4 is 0 Å². The molecule has 34 valence electrons. The molecule has 0 radical (unpaired) electrons. The highest BCUT2D eigenvalue weighted by atomic mass is 14.7. The molecule has 1 aromatic heterocycles. The van der Waals surface area contributed by atoms with Gasteiger partial charge in [-0.25, -0.2) is 0 Å². The van der Waals surface area contributed by atoms with E-state index in [1.54, 1.807) is 0 Å². The highest BCUT2D eigenvalue weighted by Crippen LogP contribution is 2.15. The normalized spacial score (nSPS) is 13.1. The topological polar surface area (TPSA) is 12.9 Å². The zero-order valence-electron chi connectivity index (χ0n) is 3.89. The SMILES string of the molecule is c1cc2cc(n1)C2. The van der Waals surface area contributed by atoms with Crippen molar-refractivity contribution in [2.45, 2.75) is 6.42 Å². The Morgan fingerprint density at radius 2 is 2.43 bits per heavy atom. The van der Waals surface area contributed by atoms with Crippen molar-refractivity contribution < 1.29 is 0 Å². The molecule has 0 spiro atoms. The van der Waals surface area contributed by atoms with Gasteiger partial charge in [-0.1, -0.05) is 0 Å². The molecule has 1 aromatic rings. The van der Waals surface area contributed by atoms with Gasteiger partial charge in [0.2, 0.25) is 0 Å². The molecule has 0 fully saturated rings. The summed E-state index contributed by atoms with van der Waals surface area (Å²) in [5.74, 6) is 0. The summed E-state index contributed by atoms with van der Waals surface area (Å²) in [7, 11) is 0. The van der Waals surface area contributed by atoms with E-state index in [0.29, 0.717) is 0 Å². The predicted molar refractivity (Wildman–Crippen MR) is 27.0 cm³/mol. The zero-order chi connectivity index (χ0) is 4.69. The summed E-state index contributed by atoms with van der Waals surface area (Å²) in [6, 6.07) is 4.16. The highest BCUT2D eigenvalue weighted by Gasteiger charge is 2.06. The third kappa shape index (κ3) is 0.296. The smallest absolute Gasteiger partial charge is 0.0450 e. The van der Waals surface area contributed by atoms with E-state index < -0.39 is 0 Å². The first kappa shape index (κ1) is 3.19. The van der Waals surface area contributed by atoms with Crippen molar-refractivity contribution in [3.05, 3.63) is 29.6 Å². The molecular weight excluding hydrogens is 86.1 g/mol. The summed E-state index contributed by atoms with van der Waals surface area (Å²) in [5.41, 5.74) is 2.66. The number of aromatic nitrogens is 1. The fourth-order valence-electron chi connectivity index (χ4n) is 0.813. The van der Waals surface area contributed by atoms with Gasteiger partial charge in [-0.2, -0.15) is 0 Å². The predicted octanol–water partition coefficient (Wildman–Crippen LogP) is 0.986. The summed E-state index contributed by atoms with van der Waals surface area (Å²) < 4.78 is 0. The Kier molecular flexibility index (Phi) is 0.392. The number of hydrogen-bond acceptors (Lipinski definition) is 1. The Morgan fingerprint density at radius 3 is 2.57 bits per heavy atom. The lowest BCUT2D eigenvalue weighted by molar-refractivity contribution is 0.977. The van der Waals surface area contributed by atoms with E-state index in [-0.39, 0.29) is 0 Å². The molecule has 2 aliphatic rings. The molecule has 1 aliphatic carbocycles. The second kappa shape index (κ2) is 0.861. The van der Waals surface area contributed by atoms with Gasteiger partial charge in [0.05, 0.1) is 0 Å². The standard InChI is InChI=1S/C6H5N/c1-2-7-6-3-5(1)4-6/h1-3H,4H2. The number of rotatable bonds is 0. The molecule has 0 N–H and O–H groups in total. The molecule has 1 aliphatic heterocycles. The van der Waals surface area contributed by atoms with Gasteiger partial charge in [0.25, 0.3) is 0 Å². The van der Waals surface area contributed by atoms with Gasteiger partial charge in [0.1, 0.15) is 0 Å². The molecule has 7 heavy (non-hydrogen) atoms. The Morgan fingerprint density at radius 1 is 1.57 bits per heavy atom. The van der Waals surface area contributed by atoms with Crippen LogP contribution in [-0.4, -0.2) is 4.98 Å². The van der Waals surface area contributed by atoms with Crippen LogP contribution in [0, 0.1) is 0 Å². The van der Waals surface area contributed by atoms with E-state index in [4.69, 9.17) is 0 Å². The molecule has 0 saturated heterocycles. The average molecular weight is 91.1 g/mol.